The second-order valence-electron chi connectivity index (χ2n) is 6.25. The van der Waals surface area contributed by atoms with Gasteiger partial charge < -0.3 is 4.74 Å². The summed E-state index contributed by atoms with van der Waals surface area (Å²) in [5.74, 6) is -0.198. The molecular weight excluding hydrogens is 357 g/mol. The maximum atomic E-state index is 12.6. The Kier molecular flexibility index (Phi) is 3.71. The predicted octanol–water partition coefficient (Wildman–Crippen LogP) is 3.50. The fourth-order valence-corrected chi connectivity index (χ4v) is 4.84. The van der Waals surface area contributed by atoms with Gasteiger partial charge in [0.05, 0.1) is 5.56 Å². The highest BCUT2D eigenvalue weighted by atomic mass is 32.1. The van der Waals surface area contributed by atoms with Crippen molar-refractivity contribution in [2.45, 2.75) is 44.0 Å². The van der Waals surface area contributed by atoms with Crippen molar-refractivity contribution in [2.24, 2.45) is 0 Å². The van der Waals surface area contributed by atoms with Gasteiger partial charge in [0.1, 0.15) is 5.69 Å². The largest absolute Gasteiger partial charge is 0.439 e. The van der Waals surface area contributed by atoms with Crippen LogP contribution in [0.15, 0.2) is 23.1 Å². The SMILES string of the molecule is O=C(OCn1sc2c(c1=O)C1CCC2C1)c1ccnc(C(F)(F)F)c1. The van der Waals surface area contributed by atoms with Gasteiger partial charge in [-0.3, -0.25) is 9.78 Å². The molecule has 0 radical (unpaired) electrons. The first-order valence-electron chi connectivity index (χ1n) is 7.79. The van der Waals surface area contributed by atoms with Gasteiger partial charge in [-0.2, -0.15) is 13.2 Å². The van der Waals surface area contributed by atoms with Crippen LogP contribution in [-0.4, -0.2) is 14.9 Å². The average Bonchev–Trinajstić information content (AvgIpc) is 3.26. The van der Waals surface area contributed by atoms with Gasteiger partial charge in [-0.25, -0.2) is 8.75 Å². The summed E-state index contributed by atoms with van der Waals surface area (Å²) in [5, 5.41) is 0. The van der Waals surface area contributed by atoms with Gasteiger partial charge in [-0.05, 0) is 43.2 Å². The normalized spacial score (nSPS) is 21.4. The molecule has 0 saturated heterocycles. The fourth-order valence-electron chi connectivity index (χ4n) is 3.60. The first-order valence-corrected chi connectivity index (χ1v) is 8.56. The molecule has 0 N–H and O–H groups in total. The van der Waals surface area contributed by atoms with Crippen LogP contribution in [0, 0.1) is 0 Å². The molecule has 0 amide bonds. The van der Waals surface area contributed by atoms with Crippen LogP contribution in [0.3, 0.4) is 0 Å². The molecule has 2 bridgehead atoms. The number of hydrogen-bond acceptors (Lipinski definition) is 5. The van der Waals surface area contributed by atoms with E-state index in [1.54, 1.807) is 0 Å². The highest BCUT2D eigenvalue weighted by Crippen LogP contribution is 2.53. The van der Waals surface area contributed by atoms with Crippen LogP contribution in [0.2, 0.25) is 0 Å². The summed E-state index contributed by atoms with van der Waals surface area (Å²) in [7, 11) is 0. The Morgan fingerprint density at radius 3 is 2.84 bits per heavy atom. The fraction of sp³-hybridized carbons (Fsp3) is 0.438. The first kappa shape index (κ1) is 16.3. The van der Waals surface area contributed by atoms with E-state index in [2.05, 4.69) is 4.98 Å². The smallest absolute Gasteiger partial charge is 0.433 e. The zero-order valence-electron chi connectivity index (χ0n) is 12.9. The number of pyridine rings is 1. The molecule has 2 heterocycles. The molecule has 0 spiro atoms. The molecule has 2 aromatic heterocycles. The van der Waals surface area contributed by atoms with Crippen LogP contribution in [0.4, 0.5) is 13.2 Å². The summed E-state index contributed by atoms with van der Waals surface area (Å²) in [6.45, 7) is -0.293. The number of carbonyl (C=O) groups is 1. The lowest BCUT2D eigenvalue weighted by molar-refractivity contribution is -0.141. The first-order chi connectivity index (χ1) is 11.8. The molecule has 0 aliphatic heterocycles. The lowest BCUT2D eigenvalue weighted by Gasteiger charge is -2.08. The Morgan fingerprint density at radius 1 is 1.36 bits per heavy atom. The van der Waals surface area contributed by atoms with Crippen LogP contribution in [0.5, 0.6) is 0 Å². The molecule has 25 heavy (non-hydrogen) atoms. The van der Waals surface area contributed by atoms with E-state index in [1.807, 2.05) is 0 Å². The molecular formula is C16H13F3N2O3S. The number of esters is 1. The Balaban J connectivity index is 1.50. The topological polar surface area (TPSA) is 61.2 Å². The molecule has 1 saturated carbocycles. The van der Waals surface area contributed by atoms with Gasteiger partial charge in [0.15, 0.2) is 6.73 Å². The third-order valence-electron chi connectivity index (χ3n) is 4.74. The predicted molar refractivity (Wildman–Crippen MR) is 82.6 cm³/mol. The molecule has 4 rings (SSSR count). The number of nitrogens with zero attached hydrogens (tertiary/aromatic N) is 2. The third kappa shape index (κ3) is 2.76. The standard InChI is InChI=1S/C16H13F3N2O3S/c17-16(18,19)11-6-10(3-4-20-11)15(23)24-7-21-14(22)12-8-1-2-9(5-8)13(12)25-21/h3-4,6,8-9H,1-2,5,7H2. The molecule has 1 fully saturated rings. The zero-order valence-corrected chi connectivity index (χ0v) is 13.7. The molecule has 2 aliphatic rings. The van der Waals surface area contributed by atoms with Crippen molar-refractivity contribution >= 4 is 17.5 Å². The number of alkyl halides is 3. The molecule has 2 atom stereocenters. The summed E-state index contributed by atoms with van der Waals surface area (Å²) in [6.07, 6.45) is -0.617. The number of ether oxygens (including phenoxy) is 1. The summed E-state index contributed by atoms with van der Waals surface area (Å²) in [4.78, 5) is 28.7. The molecule has 2 unspecified atom stereocenters. The van der Waals surface area contributed by atoms with E-state index >= 15 is 0 Å². The van der Waals surface area contributed by atoms with Gasteiger partial charge in [0.2, 0.25) is 0 Å². The molecule has 2 aromatic rings. The van der Waals surface area contributed by atoms with Crippen molar-refractivity contribution in [3.63, 3.8) is 0 Å². The number of rotatable bonds is 3. The number of hydrogen-bond donors (Lipinski definition) is 0. The number of carbonyl (C=O) groups excluding carboxylic acids is 1. The van der Waals surface area contributed by atoms with Gasteiger partial charge >= 0.3 is 12.1 Å². The van der Waals surface area contributed by atoms with Crippen molar-refractivity contribution in [3.8, 4) is 0 Å². The molecule has 5 nitrogen and oxygen atoms in total. The zero-order chi connectivity index (χ0) is 17.8. The van der Waals surface area contributed by atoms with E-state index in [0.717, 1.165) is 42.0 Å². The quantitative estimate of drug-likeness (QED) is 0.776. The molecule has 132 valence electrons. The lowest BCUT2D eigenvalue weighted by atomic mass is 10.00. The Bertz CT molecular complexity index is 903. The average molecular weight is 370 g/mol. The van der Waals surface area contributed by atoms with Crippen molar-refractivity contribution in [3.05, 3.63) is 50.4 Å². The van der Waals surface area contributed by atoms with Crippen molar-refractivity contribution in [2.75, 3.05) is 0 Å². The van der Waals surface area contributed by atoms with Crippen LogP contribution in [-0.2, 0) is 17.6 Å². The van der Waals surface area contributed by atoms with Gasteiger partial charge in [-0.1, -0.05) is 11.5 Å². The highest BCUT2D eigenvalue weighted by molar-refractivity contribution is 7.06. The van der Waals surface area contributed by atoms with E-state index in [4.69, 9.17) is 4.74 Å². The lowest BCUT2D eigenvalue weighted by Crippen LogP contribution is -2.21. The molecule has 0 aromatic carbocycles. The van der Waals surface area contributed by atoms with E-state index in [1.165, 1.54) is 15.5 Å². The van der Waals surface area contributed by atoms with Crippen molar-refractivity contribution < 1.29 is 22.7 Å². The van der Waals surface area contributed by atoms with E-state index in [-0.39, 0.29) is 17.9 Å². The van der Waals surface area contributed by atoms with Gasteiger partial charge in [-0.15, -0.1) is 0 Å². The molecule has 2 aliphatic carbocycles. The van der Waals surface area contributed by atoms with Crippen LogP contribution in [0.1, 0.15) is 57.6 Å². The highest BCUT2D eigenvalue weighted by Gasteiger charge is 2.41. The van der Waals surface area contributed by atoms with Gasteiger partial charge in [0.25, 0.3) is 5.56 Å². The minimum absolute atomic E-state index is 0.147. The number of aromatic nitrogens is 2. The van der Waals surface area contributed by atoms with Gasteiger partial charge in [0, 0.05) is 16.6 Å². The second kappa shape index (κ2) is 5.69. The maximum absolute atomic E-state index is 12.6. The Labute approximate surface area is 144 Å². The second-order valence-corrected chi connectivity index (χ2v) is 7.31. The summed E-state index contributed by atoms with van der Waals surface area (Å²) in [5.41, 5.74) is -0.725. The van der Waals surface area contributed by atoms with E-state index in [0.29, 0.717) is 17.9 Å². The monoisotopic (exact) mass is 370 g/mol. The van der Waals surface area contributed by atoms with Crippen LogP contribution < -0.4 is 5.56 Å². The minimum atomic E-state index is -4.64. The van der Waals surface area contributed by atoms with Crippen LogP contribution in [0.25, 0.3) is 0 Å². The Morgan fingerprint density at radius 2 is 2.12 bits per heavy atom. The third-order valence-corrected chi connectivity index (χ3v) is 5.98. The number of fused-ring (bicyclic) bond motifs is 5. The summed E-state index contributed by atoms with van der Waals surface area (Å²) < 4.78 is 44.3. The van der Waals surface area contributed by atoms with E-state index in [9.17, 15) is 22.8 Å². The van der Waals surface area contributed by atoms with Crippen molar-refractivity contribution in [1.29, 1.82) is 0 Å². The minimum Gasteiger partial charge on any atom is -0.439 e. The van der Waals surface area contributed by atoms with Crippen LogP contribution >= 0.6 is 11.5 Å². The maximum Gasteiger partial charge on any atom is 0.433 e. The van der Waals surface area contributed by atoms with E-state index < -0.39 is 17.8 Å². The summed E-state index contributed by atoms with van der Waals surface area (Å²) >= 11 is 1.29. The van der Waals surface area contributed by atoms with Crippen molar-refractivity contribution in [1.82, 2.24) is 8.94 Å². The Hall–Kier alpha value is -2.16. The molecule has 9 heteroatoms. The number of halogens is 3. The summed E-state index contributed by atoms with van der Waals surface area (Å²) in [6, 6.07) is 1.79.